The number of methoxy groups -OCH3 is 1. The maximum Gasteiger partial charge on any atom is 0.230 e. The first-order chi connectivity index (χ1) is 13.7. The Morgan fingerprint density at radius 1 is 1.29 bits per heavy atom. The highest BCUT2D eigenvalue weighted by atomic mass is 32.2. The van der Waals surface area contributed by atoms with E-state index in [0.717, 1.165) is 22.3 Å². The molecule has 0 saturated heterocycles. The van der Waals surface area contributed by atoms with Crippen molar-refractivity contribution in [2.45, 2.75) is 43.4 Å². The Balaban J connectivity index is 1.42. The van der Waals surface area contributed by atoms with Gasteiger partial charge in [0.25, 0.3) is 0 Å². The highest BCUT2D eigenvalue weighted by Crippen LogP contribution is 2.44. The summed E-state index contributed by atoms with van der Waals surface area (Å²) in [4.78, 5) is 12.5. The van der Waals surface area contributed by atoms with Crippen LogP contribution in [-0.2, 0) is 11.3 Å². The maximum atomic E-state index is 12.5. The van der Waals surface area contributed by atoms with Crippen molar-refractivity contribution in [3.05, 3.63) is 36.9 Å². The zero-order valence-electron chi connectivity index (χ0n) is 16.1. The van der Waals surface area contributed by atoms with Crippen LogP contribution in [0.3, 0.4) is 0 Å². The van der Waals surface area contributed by atoms with Crippen LogP contribution in [0.1, 0.15) is 25.7 Å². The fraction of sp³-hybridized carbons (Fsp3) is 0.476. The third-order valence-corrected chi connectivity index (χ3v) is 6.26. The fourth-order valence-corrected chi connectivity index (χ4v) is 4.29. The minimum absolute atomic E-state index is 0.0907. The summed E-state index contributed by atoms with van der Waals surface area (Å²) in [5.74, 6) is 3.41. The zero-order chi connectivity index (χ0) is 19.5. The number of aromatic nitrogens is 3. The summed E-state index contributed by atoms with van der Waals surface area (Å²) < 4.78 is 7.21. The molecular weight excluding hydrogens is 372 g/mol. The molecule has 0 atom stereocenters. The lowest BCUT2D eigenvalue weighted by Crippen LogP contribution is -2.39. The van der Waals surface area contributed by atoms with Crippen LogP contribution in [0.25, 0.3) is 11.4 Å². The van der Waals surface area contributed by atoms with E-state index in [-0.39, 0.29) is 5.91 Å². The Labute approximate surface area is 169 Å². The molecule has 6 nitrogen and oxygen atoms in total. The fourth-order valence-electron chi connectivity index (χ4n) is 3.53. The molecule has 2 aliphatic rings. The van der Waals surface area contributed by atoms with Crippen LogP contribution in [0, 0.1) is 11.8 Å². The number of hydrogen-bond acceptors (Lipinski definition) is 5. The smallest absolute Gasteiger partial charge is 0.230 e. The van der Waals surface area contributed by atoms with Gasteiger partial charge in [0.15, 0.2) is 11.0 Å². The van der Waals surface area contributed by atoms with Crippen LogP contribution in [0.15, 0.2) is 42.1 Å². The van der Waals surface area contributed by atoms with Gasteiger partial charge in [-0.1, -0.05) is 17.8 Å². The third-order valence-electron chi connectivity index (χ3n) is 5.30. The molecule has 2 saturated carbocycles. The molecule has 0 aliphatic heterocycles. The number of allylic oxidation sites excluding steroid dienone is 1. The Bertz CT molecular complexity index is 829. The Morgan fingerprint density at radius 3 is 2.54 bits per heavy atom. The second kappa shape index (κ2) is 8.39. The lowest BCUT2D eigenvalue weighted by atomic mass is 10.1. The number of nitrogens with one attached hydrogen (secondary N) is 1. The predicted octanol–water partition coefficient (Wildman–Crippen LogP) is 3.54. The molecule has 1 heterocycles. The van der Waals surface area contributed by atoms with Crippen LogP contribution < -0.4 is 10.1 Å². The van der Waals surface area contributed by atoms with Gasteiger partial charge in [-0.05, 0) is 61.8 Å². The molecule has 1 aromatic heterocycles. The highest BCUT2D eigenvalue weighted by Gasteiger charge is 2.42. The van der Waals surface area contributed by atoms with Gasteiger partial charge < -0.3 is 10.1 Å². The van der Waals surface area contributed by atoms with Gasteiger partial charge in [-0.25, -0.2) is 0 Å². The number of nitrogens with zero attached hydrogens (tertiary/aromatic N) is 3. The summed E-state index contributed by atoms with van der Waals surface area (Å²) in [6.07, 6.45) is 6.85. The Hall–Kier alpha value is -2.28. The highest BCUT2D eigenvalue weighted by molar-refractivity contribution is 7.99. The number of benzene rings is 1. The number of carbonyl (C=O) groups excluding carboxylic acids is 1. The van der Waals surface area contributed by atoms with Crippen LogP contribution in [-0.4, -0.2) is 39.6 Å². The van der Waals surface area contributed by atoms with Gasteiger partial charge in [0, 0.05) is 18.2 Å². The minimum atomic E-state index is 0.0907. The quantitative estimate of drug-likeness (QED) is 0.490. The molecule has 1 N–H and O–H groups in total. The van der Waals surface area contributed by atoms with Crippen molar-refractivity contribution in [2.75, 3.05) is 12.9 Å². The first-order valence-corrected chi connectivity index (χ1v) is 10.8. The van der Waals surface area contributed by atoms with E-state index in [1.165, 1.54) is 37.4 Å². The number of ether oxygens (including phenoxy) is 1. The molecule has 1 aromatic carbocycles. The number of rotatable bonds is 10. The molecule has 2 aliphatic carbocycles. The molecule has 0 radical (unpaired) electrons. The molecule has 148 valence electrons. The summed E-state index contributed by atoms with van der Waals surface area (Å²) in [5.41, 5.74) is 0.953. The molecular formula is C21H26N4O2S. The maximum absolute atomic E-state index is 12.5. The van der Waals surface area contributed by atoms with Crippen LogP contribution in [0.4, 0.5) is 0 Å². The first kappa shape index (κ1) is 19.1. The third kappa shape index (κ3) is 4.41. The van der Waals surface area contributed by atoms with Gasteiger partial charge in [0.2, 0.25) is 5.91 Å². The van der Waals surface area contributed by atoms with Gasteiger partial charge >= 0.3 is 0 Å². The SMILES string of the molecule is C=CCn1c(SCC(=O)NC(C2CC2)C2CC2)nnc1-c1ccc(OC)cc1. The molecule has 1 amide bonds. The van der Waals surface area contributed by atoms with Gasteiger partial charge in [0.1, 0.15) is 5.75 Å². The van der Waals surface area contributed by atoms with Crippen molar-refractivity contribution >= 4 is 17.7 Å². The van der Waals surface area contributed by atoms with Crippen molar-refractivity contribution in [3.8, 4) is 17.1 Å². The van der Waals surface area contributed by atoms with Gasteiger partial charge in [-0.2, -0.15) is 0 Å². The van der Waals surface area contributed by atoms with E-state index in [1.807, 2.05) is 34.9 Å². The van der Waals surface area contributed by atoms with Crippen molar-refractivity contribution in [3.63, 3.8) is 0 Å². The minimum Gasteiger partial charge on any atom is -0.497 e. The molecule has 7 heteroatoms. The van der Waals surface area contributed by atoms with E-state index >= 15 is 0 Å². The number of hydrogen-bond donors (Lipinski definition) is 1. The van der Waals surface area contributed by atoms with E-state index < -0.39 is 0 Å². The summed E-state index contributed by atoms with van der Waals surface area (Å²) in [6.45, 7) is 4.43. The molecule has 0 spiro atoms. The zero-order valence-corrected chi connectivity index (χ0v) is 17.0. The topological polar surface area (TPSA) is 69.0 Å². The molecule has 0 bridgehead atoms. The van der Waals surface area contributed by atoms with Crippen molar-refractivity contribution < 1.29 is 9.53 Å². The van der Waals surface area contributed by atoms with E-state index in [9.17, 15) is 4.79 Å². The normalized spacial score (nSPS) is 16.2. The molecule has 2 aromatic rings. The summed E-state index contributed by atoms with van der Waals surface area (Å²) in [7, 11) is 1.64. The number of amides is 1. The average molecular weight is 399 g/mol. The summed E-state index contributed by atoms with van der Waals surface area (Å²) in [6, 6.07) is 8.10. The largest absolute Gasteiger partial charge is 0.497 e. The Kier molecular flexibility index (Phi) is 5.71. The Morgan fingerprint density at radius 2 is 1.96 bits per heavy atom. The van der Waals surface area contributed by atoms with Crippen molar-refractivity contribution in [2.24, 2.45) is 11.8 Å². The van der Waals surface area contributed by atoms with E-state index in [1.54, 1.807) is 7.11 Å². The van der Waals surface area contributed by atoms with Gasteiger partial charge in [0.05, 0.1) is 12.9 Å². The van der Waals surface area contributed by atoms with Crippen molar-refractivity contribution in [1.82, 2.24) is 20.1 Å². The van der Waals surface area contributed by atoms with Gasteiger partial charge in [-0.15, -0.1) is 16.8 Å². The summed E-state index contributed by atoms with van der Waals surface area (Å²) in [5, 5.41) is 12.7. The van der Waals surface area contributed by atoms with Crippen LogP contribution in [0.5, 0.6) is 5.75 Å². The second-order valence-corrected chi connectivity index (χ2v) is 8.43. The van der Waals surface area contributed by atoms with Crippen LogP contribution >= 0.6 is 11.8 Å². The first-order valence-electron chi connectivity index (χ1n) is 9.80. The lowest BCUT2D eigenvalue weighted by molar-refractivity contribution is -0.119. The molecule has 0 unspecified atom stereocenters. The lowest BCUT2D eigenvalue weighted by Gasteiger charge is -2.17. The van der Waals surface area contributed by atoms with E-state index in [4.69, 9.17) is 4.74 Å². The van der Waals surface area contributed by atoms with E-state index in [2.05, 4.69) is 22.1 Å². The molecule has 4 rings (SSSR count). The van der Waals surface area contributed by atoms with Crippen molar-refractivity contribution in [1.29, 1.82) is 0 Å². The standard InChI is InChI=1S/C21H26N4O2S/c1-3-12-25-20(16-8-10-17(27-2)11-9-16)23-24-21(25)28-13-18(26)22-19(14-4-5-14)15-6-7-15/h3,8-11,14-15,19H,1,4-7,12-13H2,2H3,(H,22,26). The monoisotopic (exact) mass is 398 g/mol. The van der Waals surface area contributed by atoms with E-state index in [0.29, 0.717) is 30.2 Å². The second-order valence-electron chi connectivity index (χ2n) is 7.49. The van der Waals surface area contributed by atoms with Gasteiger partial charge in [-0.3, -0.25) is 9.36 Å². The molecule has 2 fully saturated rings. The predicted molar refractivity (Wildman–Crippen MR) is 110 cm³/mol. The molecule has 28 heavy (non-hydrogen) atoms. The number of thioether (sulfide) groups is 1. The number of carbonyl (C=O) groups is 1. The average Bonchev–Trinajstić information content (AvgIpc) is 3.63. The van der Waals surface area contributed by atoms with Crippen LogP contribution in [0.2, 0.25) is 0 Å². The summed E-state index contributed by atoms with van der Waals surface area (Å²) >= 11 is 1.43.